The summed E-state index contributed by atoms with van der Waals surface area (Å²) in [6, 6.07) is 0.612. The lowest BCUT2D eigenvalue weighted by Gasteiger charge is -2.39. The Morgan fingerprint density at radius 2 is 2.07 bits per heavy atom. The van der Waals surface area contributed by atoms with Crippen molar-refractivity contribution in [3.05, 3.63) is 0 Å². The van der Waals surface area contributed by atoms with E-state index < -0.39 is 0 Å². The number of hydrogen-bond donors (Lipinski definition) is 2. The third-order valence-corrected chi connectivity index (χ3v) is 5.45. The Hall–Kier alpha value is -0.0800. The molecule has 2 aliphatic carbocycles. The van der Waals surface area contributed by atoms with Crippen LogP contribution in [0.2, 0.25) is 0 Å². The lowest BCUT2D eigenvalue weighted by atomic mass is 9.69. The molecule has 2 saturated carbocycles. The normalized spacial score (nSPS) is 44.6. The summed E-state index contributed by atoms with van der Waals surface area (Å²) in [5.41, 5.74) is 0.913. The SMILES string of the molecule is C[C@H](O)CN[C@@H]1C[C@H]2CC[C@@]1(C)C2(C)C. The minimum Gasteiger partial charge on any atom is -0.392 e. The molecule has 0 heterocycles. The van der Waals surface area contributed by atoms with Gasteiger partial charge >= 0.3 is 0 Å². The van der Waals surface area contributed by atoms with Gasteiger partial charge in [0.25, 0.3) is 0 Å². The minimum absolute atomic E-state index is 0.226. The number of nitrogens with one attached hydrogen (secondary N) is 1. The zero-order valence-corrected chi connectivity index (χ0v) is 10.5. The molecule has 0 aromatic carbocycles. The summed E-state index contributed by atoms with van der Waals surface area (Å²) >= 11 is 0. The highest BCUT2D eigenvalue weighted by Gasteiger charge is 2.60. The Labute approximate surface area is 93.5 Å². The molecule has 2 aliphatic rings. The quantitative estimate of drug-likeness (QED) is 0.750. The Morgan fingerprint density at radius 1 is 1.40 bits per heavy atom. The Morgan fingerprint density at radius 3 is 2.47 bits per heavy atom. The van der Waals surface area contributed by atoms with Crippen molar-refractivity contribution in [1.29, 1.82) is 0 Å². The van der Waals surface area contributed by atoms with E-state index in [4.69, 9.17) is 0 Å². The molecule has 0 aliphatic heterocycles. The van der Waals surface area contributed by atoms with Gasteiger partial charge in [0.15, 0.2) is 0 Å². The first-order chi connectivity index (χ1) is 6.88. The van der Waals surface area contributed by atoms with E-state index in [1.165, 1.54) is 19.3 Å². The molecule has 2 nitrogen and oxygen atoms in total. The summed E-state index contributed by atoms with van der Waals surface area (Å²) < 4.78 is 0. The van der Waals surface area contributed by atoms with E-state index >= 15 is 0 Å². The fourth-order valence-corrected chi connectivity index (χ4v) is 3.83. The summed E-state index contributed by atoms with van der Waals surface area (Å²) in [6.07, 6.45) is 3.82. The molecule has 2 heteroatoms. The summed E-state index contributed by atoms with van der Waals surface area (Å²) in [5.74, 6) is 0.883. The average molecular weight is 211 g/mol. The third kappa shape index (κ3) is 1.53. The summed E-state index contributed by atoms with van der Waals surface area (Å²) in [5, 5.41) is 12.9. The number of fused-ring (bicyclic) bond motifs is 2. The zero-order chi connectivity index (χ0) is 11.3. The zero-order valence-electron chi connectivity index (χ0n) is 10.5. The van der Waals surface area contributed by atoms with Crippen LogP contribution in [-0.4, -0.2) is 23.8 Å². The van der Waals surface area contributed by atoms with E-state index in [9.17, 15) is 5.11 Å². The molecule has 0 spiro atoms. The number of aliphatic hydroxyl groups excluding tert-OH is 1. The predicted molar refractivity (Wildman–Crippen MR) is 62.7 cm³/mol. The van der Waals surface area contributed by atoms with E-state index in [1.54, 1.807) is 0 Å². The number of aliphatic hydroxyl groups is 1. The number of rotatable bonds is 3. The monoisotopic (exact) mass is 211 g/mol. The third-order valence-electron chi connectivity index (χ3n) is 5.45. The fourth-order valence-electron chi connectivity index (χ4n) is 3.83. The van der Waals surface area contributed by atoms with Crippen LogP contribution in [0.4, 0.5) is 0 Å². The fraction of sp³-hybridized carbons (Fsp3) is 1.00. The van der Waals surface area contributed by atoms with Crippen molar-refractivity contribution in [1.82, 2.24) is 5.32 Å². The molecular formula is C13H25NO. The largest absolute Gasteiger partial charge is 0.392 e. The van der Waals surface area contributed by atoms with Crippen LogP contribution < -0.4 is 5.32 Å². The molecule has 0 radical (unpaired) electrons. The van der Waals surface area contributed by atoms with Gasteiger partial charge in [-0.15, -0.1) is 0 Å². The van der Waals surface area contributed by atoms with Gasteiger partial charge in [0, 0.05) is 12.6 Å². The highest BCUT2D eigenvalue weighted by molar-refractivity contribution is 5.12. The maximum atomic E-state index is 9.33. The van der Waals surface area contributed by atoms with Gasteiger partial charge in [0.1, 0.15) is 0 Å². The minimum atomic E-state index is -0.226. The number of hydrogen-bond acceptors (Lipinski definition) is 2. The second-order valence-electron chi connectivity index (χ2n) is 6.42. The van der Waals surface area contributed by atoms with Gasteiger partial charge in [-0.1, -0.05) is 20.8 Å². The summed E-state index contributed by atoms with van der Waals surface area (Å²) in [4.78, 5) is 0. The molecular weight excluding hydrogens is 186 g/mol. The Kier molecular flexibility index (Phi) is 2.63. The maximum absolute atomic E-state index is 9.33. The van der Waals surface area contributed by atoms with Crippen LogP contribution in [0.25, 0.3) is 0 Å². The molecule has 15 heavy (non-hydrogen) atoms. The molecule has 0 amide bonds. The van der Waals surface area contributed by atoms with Crippen LogP contribution in [0.1, 0.15) is 47.0 Å². The van der Waals surface area contributed by atoms with Crippen LogP contribution in [-0.2, 0) is 0 Å². The van der Waals surface area contributed by atoms with Gasteiger partial charge in [0.2, 0.25) is 0 Å². The first kappa shape index (κ1) is 11.4. The van der Waals surface area contributed by atoms with Crippen LogP contribution in [0.15, 0.2) is 0 Å². The van der Waals surface area contributed by atoms with E-state index in [0.29, 0.717) is 16.9 Å². The molecule has 0 unspecified atom stereocenters. The first-order valence-electron chi connectivity index (χ1n) is 6.29. The van der Waals surface area contributed by atoms with Crippen LogP contribution in [0, 0.1) is 16.7 Å². The van der Waals surface area contributed by atoms with Crippen molar-refractivity contribution in [3.8, 4) is 0 Å². The lowest BCUT2D eigenvalue weighted by molar-refractivity contribution is 0.109. The first-order valence-corrected chi connectivity index (χ1v) is 6.29. The van der Waals surface area contributed by atoms with Crippen LogP contribution in [0.3, 0.4) is 0 Å². The molecule has 2 rings (SSSR count). The second kappa shape index (κ2) is 3.46. The van der Waals surface area contributed by atoms with Crippen molar-refractivity contribution >= 4 is 0 Å². The highest BCUT2D eigenvalue weighted by Crippen LogP contribution is 2.65. The van der Waals surface area contributed by atoms with Crippen LogP contribution >= 0.6 is 0 Å². The van der Waals surface area contributed by atoms with Gasteiger partial charge in [-0.05, 0) is 42.9 Å². The topological polar surface area (TPSA) is 32.3 Å². The van der Waals surface area contributed by atoms with E-state index in [2.05, 4.69) is 26.1 Å². The molecule has 2 bridgehead atoms. The smallest absolute Gasteiger partial charge is 0.0636 e. The molecule has 88 valence electrons. The van der Waals surface area contributed by atoms with Crippen molar-refractivity contribution in [2.75, 3.05) is 6.54 Å². The standard InChI is InChI=1S/C13H25NO/c1-9(15)8-14-11-7-10-5-6-13(11,4)12(10,2)3/h9-11,14-15H,5-8H2,1-4H3/t9-,10+,11+,13+/m0/s1. The Bertz CT molecular complexity index is 249. The molecule has 2 fully saturated rings. The molecule has 2 N–H and O–H groups in total. The van der Waals surface area contributed by atoms with Crippen molar-refractivity contribution in [2.45, 2.75) is 59.1 Å². The highest BCUT2D eigenvalue weighted by atomic mass is 16.3. The van der Waals surface area contributed by atoms with Crippen molar-refractivity contribution < 1.29 is 5.11 Å². The summed E-state index contributed by atoms with van der Waals surface area (Å²) in [7, 11) is 0. The molecule has 0 aromatic rings. The van der Waals surface area contributed by atoms with Gasteiger partial charge < -0.3 is 10.4 Å². The molecule has 4 atom stereocenters. The maximum Gasteiger partial charge on any atom is 0.0636 e. The predicted octanol–water partition coefficient (Wildman–Crippen LogP) is 2.17. The van der Waals surface area contributed by atoms with Crippen molar-refractivity contribution in [2.24, 2.45) is 16.7 Å². The van der Waals surface area contributed by atoms with E-state index in [0.717, 1.165) is 12.5 Å². The van der Waals surface area contributed by atoms with Gasteiger partial charge in [-0.2, -0.15) is 0 Å². The average Bonchev–Trinajstić information content (AvgIpc) is 2.46. The molecule has 0 saturated heterocycles. The van der Waals surface area contributed by atoms with Crippen molar-refractivity contribution in [3.63, 3.8) is 0 Å². The second-order valence-corrected chi connectivity index (χ2v) is 6.42. The van der Waals surface area contributed by atoms with Gasteiger partial charge in [-0.3, -0.25) is 0 Å². The van der Waals surface area contributed by atoms with Crippen LogP contribution in [0.5, 0.6) is 0 Å². The lowest BCUT2D eigenvalue weighted by Crippen LogP contribution is -2.46. The van der Waals surface area contributed by atoms with Gasteiger partial charge in [0.05, 0.1) is 6.10 Å². The Balaban J connectivity index is 2.06. The summed E-state index contributed by atoms with van der Waals surface area (Å²) in [6.45, 7) is 9.87. The molecule has 0 aromatic heterocycles. The van der Waals surface area contributed by atoms with Gasteiger partial charge in [-0.25, -0.2) is 0 Å². The van der Waals surface area contributed by atoms with E-state index in [1.807, 2.05) is 6.92 Å². The van der Waals surface area contributed by atoms with E-state index in [-0.39, 0.29) is 6.10 Å².